The van der Waals surface area contributed by atoms with E-state index in [1.165, 1.54) is 0 Å². The Morgan fingerprint density at radius 1 is 0.971 bits per heavy atom. The second-order valence-electron chi connectivity index (χ2n) is 7.96. The van der Waals surface area contributed by atoms with Gasteiger partial charge in [-0.2, -0.15) is 0 Å². The highest BCUT2D eigenvalue weighted by atomic mass is 35.5. The van der Waals surface area contributed by atoms with Gasteiger partial charge in [0, 0.05) is 6.42 Å². The summed E-state index contributed by atoms with van der Waals surface area (Å²) < 4.78 is 22.1. The summed E-state index contributed by atoms with van der Waals surface area (Å²) in [5.74, 6) is 0.401. The molecule has 0 spiro atoms. The minimum Gasteiger partial charge on any atom is -0.489 e. The molecule has 3 aromatic carbocycles. The largest absolute Gasteiger partial charge is 0.489 e. The minimum absolute atomic E-state index is 0.144. The molecule has 0 aliphatic carbocycles. The fourth-order valence-electron chi connectivity index (χ4n) is 3.72. The monoisotopic (exact) mass is 481 g/mol. The lowest BCUT2D eigenvalue weighted by Gasteiger charge is -2.17. The highest BCUT2D eigenvalue weighted by Crippen LogP contribution is 2.26. The van der Waals surface area contributed by atoms with Crippen LogP contribution in [-0.4, -0.2) is 32.1 Å². The van der Waals surface area contributed by atoms with Gasteiger partial charge in [-0.25, -0.2) is 9.63 Å². The SMILES string of the molecule is O=C(OCCCC1OCCO1)c1ccc(COc2cccc(C(NCl)c3ccccc3)c2)cc1. The van der Waals surface area contributed by atoms with Gasteiger partial charge in [0.25, 0.3) is 0 Å². The normalized spacial score (nSPS) is 14.6. The molecule has 1 aliphatic heterocycles. The zero-order valence-corrected chi connectivity index (χ0v) is 19.6. The van der Waals surface area contributed by atoms with E-state index in [4.69, 9.17) is 30.7 Å². The van der Waals surface area contributed by atoms with E-state index in [0.717, 1.165) is 28.9 Å². The molecule has 0 bridgehead atoms. The van der Waals surface area contributed by atoms with Gasteiger partial charge >= 0.3 is 5.97 Å². The van der Waals surface area contributed by atoms with Crippen molar-refractivity contribution < 1.29 is 23.7 Å². The van der Waals surface area contributed by atoms with Crippen LogP contribution in [0.3, 0.4) is 0 Å². The molecule has 1 aliphatic rings. The molecule has 1 atom stereocenters. The molecule has 7 heteroatoms. The van der Waals surface area contributed by atoms with E-state index in [1.54, 1.807) is 12.1 Å². The standard InChI is InChI=1S/C27H28ClNO5/c28-29-26(21-6-2-1-3-7-21)23-8-4-9-24(18-23)34-19-20-11-13-22(14-12-20)27(30)33-15-5-10-25-31-16-17-32-25/h1-4,6-9,11-14,18,25-26,29H,5,10,15-17,19H2. The van der Waals surface area contributed by atoms with Crippen LogP contribution in [-0.2, 0) is 20.8 Å². The Morgan fingerprint density at radius 3 is 2.44 bits per heavy atom. The summed E-state index contributed by atoms with van der Waals surface area (Å²) in [4.78, 5) is 15.1. The maximum atomic E-state index is 12.2. The number of rotatable bonds is 11. The van der Waals surface area contributed by atoms with E-state index < -0.39 is 0 Å². The second kappa shape index (κ2) is 12.5. The summed E-state index contributed by atoms with van der Waals surface area (Å²) in [7, 11) is 0. The molecule has 6 nitrogen and oxygen atoms in total. The van der Waals surface area contributed by atoms with Crippen LogP contribution in [0.5, 0.6) is 5.75 Å². The van der Waals surface area contributed by atoms with Crippen molar-refractivity contribution in [2.75, 3.05) is 19.8 Å². The molecule has 0 radical (unpaired) electrons. The third-order valence-corrected chi connectivity index (χ3v) is 5.75. The summed E-state index contributed by atoms with van der Waals surface area (Å²) in [5.41, 5.74) is 3.53. The molecule has 0 aromatic heterocycles. The predicted octanol–water partition coefficient (Wildman–Crippen LogP) is 5.41. The molecule has 0 amide bonds. The zero-order chi connectivity index (χ0) is 23.6. The number of esters is 1. The van der Waals surface area contributed by atoms with E-state index in [1.807, 2.05) is 66.7 Å². The molecule has 3 aromatic rings. The Labute approximate surface area is 204 Å². The molecule has 1 fully saturated rings. The molecule has 1 unspecified atom stereocenters. The molecule has 1 saturated heterocycles. The van der Waals surface area contributed by atoms with Gasteiger partial charge in [-0.3, -0.25) is 0 Å². The van der Waals surface area contributed by atoms with Gasteiger partial charge in [0.05, 0.1) is 31.4 Å². The van der Waals surface area contributed by atoms with Gasteiger partial charge in [-0.1, -0.05) is 54.6 Å². The van der Waals surface area contributed by atoms with Crippen LogP contribution in [0.25, 0.3) is 0 Å². The van der Waals surface area contributed by atoms with Crippen LogP contribution in [0.1, 0.15) is 45.9 Å². The summed E-state index contributed by atoms with van der Waals surface area (Å²) in [6, 6.07) is 24.9. The lowest BCUT2D eigenvalue weighted by Crippen LogP contribution is -2.13. The predicted molar refractivity (Wildman–Crippen MR) is 130 cm³/mol. The lowest BCUT2D eigenvalue weighted by atomic mass is 9.99. The van der Waals surface area contributed by atoms with Gasteiger partial charge in [0.1, 0.15) is 12.4 Å². The molecule has 1 heterocycles. The maximum Gasteiger partial charge on any atom is 0.338 e. The lowest BCUT2D eigenvalue weighted by molar-refractivity contribution is -0.0505. The van der Waals surface area contributed by atoms with E-state index in [2.05, 4.69) is 4.84 Å². The number of benzene rings is 3. The molecule has 0 saturated carbocycles. The van der Waals surface area contributed by atoms with Gasteiger partial charge in [0.2, 0.25) is 0 Å². The van der Waals surface area contributed by atoms with Crippen molar-refractivity contribution in [2.24, 2.45) is 0 Å². The first kappa shape index (κ1) is 24.2. The van der Waals surface area contributed by atoms with E-state index >= 15 is 0 Å². The Bertz CT molecular complexity index is 1040. The van der Waals surface area contributed by atoms with Crippen LogP contribution in [0.4, 0.5) is 0 Å². The first-order valence-electron chi connectivity index (χ1n) is 11.4. The van der Waals surface area contributed by atoms with Gasteiger partial charge in [-0.05, 0) is 59.2 Å². The third-order valence-electron chi connectivity index (χ3n) is 5.54. The van der Waals surface area contributed by atoms with Crippen molar-refractivity contribution in [1.29, 1.82) is 0 Å². The maximum absolute atomic E-state index is 12.2. The fourth-order valence-corrected chi connectivity index (χ4v) is 3.98. The first-order chi connectivity index (χ1) is 16.7. The summed E-state index contributed by atoms with van der Waals surface area (Å²) in [6.45, 7) is 1.98. The first-order valence-corrected chi connectivity index (χ1v) is 11.7. The molecule has 1 N–H and O–H groups in total. The average molecular weight is 482 g/mol. The second-order valence-corrected chi connectivity index (χ2v) is 8.18. The average Bonchev–Trinajstić information content (AvgIpc) is 3.41. The zero-order valence-electron chi connectivity index (χ0n) is 18.8. The van der Waals surface area contributed by atoms with Crippen molar-refractivity contribution in [3.05, 3.63) is 101 Å². The Morgan fingerprint density at radius 2 is 1.71 bits per heavy atom. The third kappa shape index (κ3) is 6.81. The van der Waals surface area contributed by atoms with Crippen molar-refractivity contribution in [1.82, 2.24) is 4.84 Å². The summed E-state index contributed by atoms with van der Waals surface area (Å²) in [5, 5.41) is 0. The van der Waals surface area contributed by atoms with E-state index in [9.17, 15) is 4.79 Å². The molecule has 178 valence electrons. The Hall–Kier alpha value is -2.90. The van der Waals surface area contributed by atoms with Crippen molar-refractivity contribution >= 4 is 17.7 Å². The summed E-state index contributed by atoms with van der Waals surface area (Å²) >= 11 is 6.03. The topological polar surface area (TPSA) is 66.0 Å². The number of carbonyl (C=O) groups excluding carboxylic acids is 1. The summed E-state index contributed by atoms with van der Waals surface area (Å²) in [6.07, 6.45) is 1.25. The van der Waals surface area contributed by atoms with Crippen LogP contribution in [0.2, 0.25) is 0 Å². The van der Waals surface area contributed by atoms with Crippen LogP contribution in [0.15, 0.2) is 78.9 Å². The van der Waals surface area contributed by atoms with Crippen LogP contribution >= 0.6 is 11.8 Å². The van der Waals surface area contributed by atoms with Gasteiger partial charge < -0.3 is 18.9 Å². The highest BCUT2D eigenvalue weighted by molar-refractivity contribution is 6.13. The van der Waals surface area contributed by atoms with Gasteiger partial charge in [-0.15, -0.1) is 0 Å². The van der Waals surface area contributed by atoms with Crippen molar-refractivity contribution in [3.8, 4) is 5.75 Å². The number of nitrogens with one attached hydrogen (secondary N) is 1. The number of carbonyl (C=O) groups is 1. The quantitative estimate of drug-likeness (QED) is 0.224. The minimum atomic E-state index is -0.339. The van der Waals surface area contributed by atoms with Crippen molar-refractivity contribution in [3.63, 3.8) is 0 Å². The van der Waals surface area contributed by atoms with Crippen LogP contribution < -0.4 is 9.57 Å². The van der Waals surface area contributed by atoms with E-state index in [-0.39, 0.29) is 18.3 Å². The van der Waals surface area contributed by atoms with Crippen LogP contribution in [0, 0.1) is 0 Å². The Balaban J connectivity index is 1.27. The smallest absolute Gasteiger partial charge is 0.338 e. The number of halogens is 1. The fraction of sp³-hybridized carbons (Fsp3) is 0.296. The Kier molecular flexibility index (Phi) is 8.93. The highest BCUT2D eigenvalue weighted by Gasteiger charge is 2.16. The number of hydrogen-bond acceptors (Lipinski definition) is 6. The van der Waals surface area contributed by atoms with Crippen molar-refractivity contribution in [2.45, 2.75) is 31.8 Å². The molecular weight excluding hydrogens is 454 g/mol. The molecular formula is C27H28ClNO5. The molecule has 4 rings (SSSR count). The van der Waals surface area contributed by atoms with Gasteiger partial charge in [0.15, 0.2) is 6.29 Å². The number of hydrogen-bond donors (Lipinski definition) is 1. The van der Waals surface area contributed by atoms with E-state index in [0.29, 0.717) is 38.4 Å². The molecule has 34 heavy (non-hydrogen) atoms. The number of ether oxygens (including phenoxy) is 4.